The van der Waals surface area contributed by atoms with E-state index in [-0.39, 0.29) is 0 Å². The predicted molar refractivity (Wildman–Crippen MR) is 296 cm³/mol. The number of fused-ring (bicyclic) bond motifs is 16. The van der Waals surface area contributed by atoms with Crippen molar-refractivity contribution < 1.29 is 4.42 Å². The largest absolute Gasteiger partial charge is 0.455 e. The highest BCUT2D eigenvalue weighted by molar-refractivity contribution is 6.16. The van der Waals surface area contributed by atoms with Crippen molar-refractivity contribution in [3.8, 4) is 55.6 Å². The maximum Gasteiger partial charge on any atom is 0.143 e. The van der Waals surface area contributed by atoms with Gasteiger partial charge in [-0.2, -0.15) is 0 Å². The summed E-state index contributed by atoms with van der Waals surface area (Å²) in [6.45, 7) is 0. The highest BCUT2D eigenvalue weighted by atomic mass is 16.3. The first-order chi connectivity index (χ1) is 35.2. The Labute approximate surface area is 412 Å². The highest BCUT2D eigenvalue weighted by Crippen LogP contribution is 2.65. The number of benzene rings is 12. The zero-order chi connectivity index (χ0) is 46.6. The van der Waals surface area contributed by atoms with Gasteiger partial charge in [0, 0.05) is 33.0 Å². The second-order valence-electron chi connectivity index (χ2n) is 19.1. The summed E-state index contributed by atoms with van der Waals surface area (Å²) < 4.78 is 6.64. The number of para-hydroxylation sites is 1. The van der Waals surface area contributed by atoms with E-state index in [0.29, 0.717) is 0 Å². The van der Waals surface area contributed by atoms with Crippen LogP contribution in [0.3, 0.4) is 0 Å². The summed E-state index contributed by atoms with van der Waals surface area (Å²) in [7, 11) is 0. The molecular weight excluding hydrogens is 859 g/mol. The number of anilines is 3. The first-order valence-electron chi connectivity index (χ1n) is 24.6. The number of hydrogen-bond acceptors (Lipinski definition) is 2. The smallest absolute Gasteiger partial charge is 0.143 e. The van der Waals surface area contributed by atoms with Crippen molar-refractivity contribution in [2.24, 2.45) is 0 Å². The summed E-state index contributed by atoms with van der Waals surface area (Å²) in [6.07, 6.45) is 0. The summed E-state index contributed by atoms with van der Waals surface area (Å²) in [6, 6.07) is 96.1. The summed E-state index contributed by atoms with van der Waals surface area (Å²) >= 11 is 0. The molecule has 1 spiro atoms. The fraction of sp³-hybridized carbons (Fsp3) is 0.0145. The molecule has 2 aliphatic rings. The molecule has 1 heterocycles. The van der Waals surface area contributed by atoms with E-state index in [4.69, 9.17) is 4.42 Å². The van der Waals surface area contributed by atoms with Crippen LogP contribution >= 0.6 is 0 Å². The van der Waals surface area contributed by atoms with Crippen LogP contribution in [0.15, 0.2) is 265 Å². The van der Waals surface area contributed by atoms with Crippen LogP contribution < -0.4 is 4.90 Å². The molecule has 330 valence electrons. The Kier molecular flexibility index (Phi) is 8.61. The molecule has 0 amide bonds. The molecule has 71 heavy (non-hydrogen) atoms. The summed E-state index contributed by atoms with van der Waals surface area (Å²) in [5, 5.41) is 7.04. The van der Waals surface area contributed by atoms with Crippen LogP contribution in [0.1, 0.15) is 22.3 Å². The van der Waals surface area contributed by atoms with Crippen LogP contribution in [0.2, 0.25) is 0 Å². The quantitative estimate of drug-likeness (QED) is 0.165. The zero-order valence-corrected chi connectivity index (χ0v) is 38.7. The highest BCUT2D eigenvalue weighted by Gasteiger charge is 2.52. The van der Waals surface area contributed by atoms with Crippen LogP contribution in [-0.4, -0.2) is 0 Å². The number of nitrogens with zero attached hydrogens (tertiary/aromatic N) is 1. The maximum atomic E-state index is 6.64. The minimum atomic E-state index is -0.472. The normalized spacial score (nSPS) is 12.9. The van der Waals surface area contributed by atoms with Gasteiger partial charge in [-0.3, -0.25) is 0 Å². The molecule has 12 aromatic carbocycles. The average Bonchev–Trinajstić information content (AvgIpc) is 4.08. The monoisotopic (exact) mass is 901 g/mol. The van der Waals surface area contributed by atoms with Gasteiger partial charge in [-0.15, -0.1) is 0 Å². The summed E-state index contributed by atoms with van der Waals surface area (Å²) in [5.74, 6) is 0. The van der Waals surface area contributed by atoms with E-state index in [1.54, 1.807) is 0 Å². The molecule has 0 saturated carbocycles. The second-order valence-corrected chi connectivity index (χ2v) is 19.1. The lowest BCUT2D eigenvalue weighted by Gasteiger charge is -2.32. The molecule has 1 aromatic heterocycles. The molecule has 0 saturated heterocycles. The Balaban J connectivity index is 0.927. The van der Waals surface area contributed by atoms with Gasteiger partial charge in [0.15, 0.2) is 0 Å². The Morgan fingerprint density at radius 2 is 0.803 bits per heavy atom. The molecule has 0 fully saturated rings. The third kappa shape index (κ3) is 5.77. The van der Waals surface area contributed by atoms with Crippen molar-refractivity contribution in [2.45, 2.75) is 5.41 Å². The van der Waals surface area contributed by atoms with Gasteiger partial charge in [-0.1, -0.05) is 218 Å². The van der Waals surface area contributed by atoms with Crippen molar-refractivity contribution in [1.29, 1.82) is 0 Å². The van der Waals surface area contributed by atoms with Gasteiger partial charge in [0.05, 0.1) is 16.8 Å². The van der Waals surface area contributed by atoms with Gasteiger partial charge >= 0.3 is 0 Å². The number of rotatable bonds is 6. The molecule has 0 radical (unpaired) electrons. The summed E-state index contributed by atoms with van der Waals surface area (Å²) in [5.41, 5.74) is 22.1. The molecule has 2 heteroatoms. The van der Waals surface area contributed by atoms with E-state index < -0.39 is 5.41 Å². The standard InChI is InChI=1S/C69H43NO/c1-3-18-51-46(15-1)17-13-24-52(51)48-33-31-44(32-34-48)45-35-39-50(40-36-45)70(64-29-12-8-19-53(64)49-38-42-66-59(43-49)57-41-37-47-16-2-4-20-54(47)68(57)71-66)65-30-14-28-63-67(65)58-23-7-11-27-62(58)69(63)60-25-9-5-21-55(60)56-22-6-10-26-61(56)69/h1-43H. The third-order valence-corrected chi connectivity index (χ3v) is 15.5. The zero-order valence-electron chi connectivity index (χ0n) is 38.7. The summed E-state index contributed by atoms with van der Waals surface area (Å²) in [4.78, 5) is 2.51. The molecule has 0 aliphatic heterocycles. The number of hydrogen-bond donors (Lipinski definition) is 0. The fourth-order valence-electron chi connectivity index (χ4n) is 12.4. The predicted octanol–water partition coefficient (Wildman–Crippen LogP) is 18.7. The lowest BCUT2D eigenvalue weighted by Crippen LogP contribution is -2.26. The van der Waals surface area contributed by atoms with Crippen LogP contribution in [-0.2, 0) is 5.41 Å². The van der Waals surface area contributed by atoms with Gasteiger partial charge in [-0.25, -0.2) is 0 Å². The average molecular weight is 902 g/mol. The maximum absolute atomic E-state index is 6.64. The van der Waals surface area contributed by atoms with Crippen molar-refractivity contribution >= 4 is 60.5 Å². The van der Waals surface area contributed by atoms with Gasteiger partial charge in [-0.05, 0) is 125 Å². The van der Waals surface area contributed by atoms with Crippen molar-refractivity contribution in [1.82, 2.24) is 0 Å². The second kappa shape index (κ2) is 15.4. The van der Waals surface area contributed by atoms with Gasteiger partial charge < -0.3 is 9.32 Å². The molecule has 0 unspecified atom stereocenters. The Hall–Kier alpha value is -9.24. The van der Waals surface area contributed by atoms with Gasteiger partial charge in [0.2, 0.25) is 0 Å². The van der Waals surface area contributed by atoms with E-state index in [1.165, 1.54) is 77.4 Å². The molecule has 13 aromatic rings. The fourth-order valence-corrected chi connectivity index (χ4v) is 12.4. The lowest BCUT2D eigenvalue weighted by atomic mass is 9.70. The van der Waals surface area contributed by atoms with Crippen molar-refractivity contribution in [3.05, 3.63) is 283 Å². The van der Waals surface area contributed by atoms with Crippen molar-refractivity contribution in [3.63, 3.8) is 0 Å². The van der Waals surface area contributed by atoms with Crippen LogP contribution in [0.5, 0.6) is 0 Å². The van der Waals surface area contributed by atoms with Crippen LogP contribution in [0.4, 0.5) is 17.1 Å². The van der Waals surface area contributed by atoms with E-state index in [0.717, 1.165) is 61.1 Å². The first kappa shape index (κ1) is 39.7. The molecule has 15 rings (SSSR count). The SMILES string of the molecule is c1ccc(N(c2ccc(-c3ccc(-c4cccc5ccccc45)cc3)cc2)c2cccc3c2-c2ccccc2C32c3ccccc3-c3ccccc32)c(-c2ccc3oc4c5ccccc5ccc4c3c2)c1. The van der Waals surface area contributed by atoms with Gasteiger partial charge in [0.25, 0.3) is 0 Å². The lowest BCUT2D eigenvalue weighted by molar-refractivity contribution is 0.672. The van der Waals surface area contributed by atoms with E-state index in [1.807, 2.05) is 0 Å². The third-order valence-electron chi connectivity index (χ3n) is 15.5. The molecule has 2 aliphatic carbocycles. The minimum Gasteiger partial charge on any atom is -0.455 e. The topological polar surface area (TPSA) is 16.4 Å². The molecule has 0 bridgehead atoms. The molecule has 0 atom stereocenters. The van der Waals surface area contributed by atoms with E-state index in [9.17, 15) is 0 Å². The van der Waals surface area contributed by atoms with Crippen LogP contribution in [0, 0.1) is 0 Å². The van der Waals surface area contributed by atoms with Crippen molar-refractivity contribution in [2.75, 3.05) is 4.90 Å². The van der Waals surface area contributed by atoms with E-state index in [2.05, 4.69) is 266 Å². The molecule has 2 nitrogen and oxygen atoms in total. The first-order valence-corrected chi connectivity index (χ1v) is 24.6. The van der Waals surface area contributed by atoms with Crippen LogP contribution in [0.25, 0.3) is 99.1 Å². The molecular formula is C69H43NO. The van der Waals surface area contributed by atoms with Gasteiger partial charge in [0.1, 0.15) is 11.2 Å². The molecule has 0 N–H and O–H groups in total. The Bertz CT molecular complexity index is 4240. The number of furan rings is 1. The Morgan fingerprint density at radius 1 is 0.296 bits per heavy atom. The minimum absolute atomic E-state index is 0.472. The Morgan fingerprint density at radius 3 is 1.55 bits per heavy atom. The van der Waals surface area contributed by atoms with E-state index >= 15 is 0 Å².